The lowest BCUT2D eigenvalue weighted by Gasteiger charge is -2.29. The second-order valence-electron chi connectivity index (χ2n) is 4.34. The number of carbonyl (C=O) groups excluding carboxylic acids is 1. The van der Waals surface area contributed by atoms with Gasteiger partial charge in [0, 0.05) is 0 Å². The highest BCUT2D eigenvalue weighted by atomic mass is 79.9. The smallest absolute Gasteiger partial charge is 0.268 e. The van der Waals surface area contributed by atoms with Gasteiger partial charge in [0.25, 0.3) is 5.91 Å². The van der Waals surface area contributed by atoms with E-state index >= 15 is 0 Å². The van der Waals surface area contributed by atoms with Crippen molar-refractivity contribution in [3.05, 3.63) is 44.6 Å². The Balaban J connectivity index is 1.97. The summed E-state index contributed by atoms with van der Waals surface area (Å²) < 4.78 is 6.58. The minimum Gasteiger partial charge on any atom is -0.490 e. The molecule has 0 saturated carbocycles. The van der Waals surface area contributed by atoms with E-state index in [1.165, 1.54) is 11.3 Å². The molecular formula is C14H12BrNO2S. The highest BCUT2D eigenvalue weighted by molar-refractivity contribution is 9.11. The van der Waals surface area contributed by atoms with Crippen LogP contribution in [0.25, 0.3) is 0 Å². The molecule has 1 aromatic carbocycles. The molecule has 1 aliphatic heterocycles. The molecule has 0 bridgehead atoms. The number of aryl methyl sites for hydroxylation is 1. The van der Waals surface area contributed by atoms with Crippen molar-refractivity contribution in [3.8, 4) is 5.75 Å². The minimum absolute atomic E-state index is 0.0366. The van der Waals surface area contributed by atoms with Gasteiger partial charge in [0.2, 0.25) is 0 Å². The molecule has 1 aromatic heterocycles. The summed E-state index contributed by atoms with van der Waals surface area (Å²) in [5.41, 5.74) is 1.94. The number of anilines is 1. The largest absolute Gasteiger partial charge is 0.490 e. The number of fused-ring (bicyclic) bond motifs is 1. The topological polar surface area (TPSA) is 29.5 Å². The van der Waals surface area contributed by atoms with Crippen LogP contribution in [0.4, 0.5) is 5.69 Å². The summed E-state index contributed by atoms with van der Waals surface area (Å²) in [4.78, 5) is 15.1. The van der Waals surface area contributed by atoms with Gasteiger partial charge in [-0.05, 0) is 46.6 Å². The van der Waals surface area contributed by atoms with Crippen molar-refractivity contribution >= 4 is 38.9 Å². The highest BCUT2D eigenvalue weighted by Crippen LogP contribution is 2.34. The van der Waals surface area contributed by atoms with Crippen LogP contribution in [-0.4, -0.2) is 19.1 Å². The molecule has 0 radical (unpaired) electrons. The molecule has 3 nitrogen and oxygen atoms in total. The van der Waals surface area contributed by atoms with Crippen molar-refractivity contribution in [2.45, 2.75) is 6.92 Å². The second-order valence-corrected chi connectivity index (χ2v) is 6.71. The minimum atomic E-state index is 0.0366. The van der Waals surface area contributed by atoms with E-state index in [-0.39, 0.29) is 5.91 Å². The standard InChI is InChI=1S/C14H12BrNO2S/c1-9-8-12(19-13(9)15)14(17)16-6-7-18-11-5-3-2-4-10(11)16/h2-5,8H,6-7H2,1H3. The van der Waals surface area contributed by atoms with Crippen LogP contribution in [0.1, 0.15) is 15.2 Å². The quantitative estimate of drug-likeness (QED) is 0.790. The fourth-order valence-electron chi connectivity index (χ4n) is 2.08. The van der Waals surface area contributed by atoms with E-state index in [1.54, 1.807) is 4.90 Å². The molecule has 19 heavy (non-hydrogen) atoms. The van der Waals surface area contributed by atoms with Crippen LogP contribution >= 0.6 is 27.3 Å². The van der Waals surface area contributed by atoms with Crippen molar-refractivity contribution in [1.29, 1.82) is 0 Å². The van der Waals surface area contributed by atoms with Gasteiger partial charge in [-0.15, -0.1) is 11.3 Å². The molecule has 0 saturated heterocycles. The van der Waals surface area contributed by atoms with Gasteiger partial charge in [-0.25, -0.2) is 0 Å². The Morgan fingerprint density at radius 1 is 1.42 bits per heavy atom. The normalized spacial score (nSPS) is 13.9. The zero-order chi connectivity index (χ0) is 13.4. The number of thiophene rings is 1. The van der Waals surface area contributed by atoms with E-state index in [1.807, 2.05) is 37.3 Å². The molecular weight excluding hydrogens is 326 g/mol. The first-order valence-corrected chi connectivity index (χ1v) is 7.57. The summed E-state index contributed by atoms with van der Waals surface area (Å²) >= 11 is 4.94. The van der Waals surface area contributed by atoms with Gasteiger partial charge in [-0.1, -0.05) is 12.1 Å². The first-order chi connectivity index (χ1) is 9.16. The monoisotopic (exact) mass is 337 g/mol. The zero-order valence-electron chi connectivity index (χ0n) is 10.4. The summed E-state index contributed by atoms with van der Waals surface area (Å²) in [7, 11) is 0. The number of rotatable bonds is 1. The maximum atomic E-state index is 12.6. The zero-order valence-corrected chi connectivity index (χ0v) is 12.8. The van der Waals surface area contributed by atoms with Crippen LogP contribution in [0.15, 0.2) is 34.1 Å². The third-order valence-corrected chi connectivity index (χ3v) is 5.17. The molecule has 0 aliphatic carbocycles. The van der Waals surface area contributed by atoms with Gasteiger partial charge in [0.15, 0.2) is 0 Å². The summed E-state index contributed by atoms with van der Waals surface area (Å²) in [6, 6.07) is 9.57. The molecule has 0 spiro atoms. The van der Waals surface area contributed by atoms with Crippen LogP contribution in [0.5, 0.6) is 5.75 Å². The average molecular weight is 338 g/mol. The van der Waals surface area contributed by atoms with E-state index in [9.17, 15) is 4.79 Å². The summed E-state index contributed by atoms with van der Waals surface area (Å²) in [6.07, 6.45) is 0. The molecule has 0 atom stereocenters. The summed E-state index contributed by atoms with van der Waals surface area (Å²) in [5.74, 6) is 0.809. The highest BCUT2D eigenvalue weighted by Gasteiger charge is 2.25. The van der Waals surface area contributed by atoms with Crippen LogP contribution in [0.3, 0.4) is 0 Å². The number of hydrogen-bond donors (Lipinski definition) is 0. The van der Waals surface area contributed by atoms with Gasteiger partial charge in [0.05, 0.1) is 20.9 Å². The van der Waals surface area contributed by atoms with Crippen LogP contribution in [0.2, 0.25) is 0 Å². The van der Waals surface area contributed by atoms with Crippen molar-refractivity contribution < 1.29 is 9.53 Å². The number of para-hydroxylation sites is 2. The lowest BCUT2D eigenvalue weighted by Crippen LogP contribution is -2.37. The Kier molecular flexibility index (Phi) is 3.33. The molecule has 1 aliphatic rings. The van der Waals surface area contributed by atoms with E-state index < -0.39 is 0 Å². The summed E-state index contributed by atoms with van der Waals surface area (Å²) in [6.45, 7) is 3.11. The number of amides is 1. The molecule has 98 valence electrons. The fraction of sp³-hybridized carbons (Fsp3) is 0.214. The maximum absolute atomic E-state index is 12.6. The Labute approximate surface area is 123 Å². The number of halogens is 1. The van der Waals surface area contributed by atoms with Crippen molar-refractivity contribution in [3.63, 3.8) is 0 Å². The number of hydrogen-bond acceptors (Lipinski definition) is 3. The third-order valence-electron chi connectivity index (χ3n) is 3.04. The predicted octanol–water partition coefficient (Wildman–Crippen LogP) is 3.86. The van der Waals surface area contributed by atoms with E-state index in [0.717, 1.165) is 25.7 Å². The SMILES string of the molecule is Cc1cc(C(=O)N2CCOc3ccccc32)sc1Br. The second kappa shape index (κ2) is 4.98. The molecule has 2 aromatic rings. The van der Waals surface area contributed by atoms with Crippen LogP contribution in [0, 0.1) is 6.92 Å². The molecule has 5 heteroatoms. The van der Waals surface area contributed by atoms with Gasteiger partial charge in [0.1, 0.15) is 12.4 Å². The maximum Gasteiger partial charge on any atom is 0.268 e. The molecule has 2 heterocycles. The van der Waals surface area contributed by atoms with E-state index in [0.29, 0.717) is 13.2 Å². The molecule has 0 N–H and O–H groups in total. The number of nitrogens with zero attached hydrogens (tertiary/aromatic N) is 1. The number of ether oxygens (including phenoxy) is 1. The van der Waals surface area contributed by atoms with Crippen molar-refractivity contribution in [2.24, 2.45) is 0 Å². The molecule has 1 amide bonds. The Morgan fingerprint density at radius 3 is 2.95 bits per heavy atom. The molecule has 3 rings (SSSR count). The van der Waals surface area contributed by atoms with Crippen LogP contribution in [-0.2, 0) is 0 Å². The van der Waals surface area contributed by atoms with E-state index in [4.69, 9.17) is 4.74 Å². The first kappa shape index (κ1) is 12.7. The van der Waals surface area contributed by atoms with E-state index in [2.05, 4.69) is 15.9 Å². The summed E-state index contributed by atoms with van der Waals surface area (Å²) in [5, 5.41) is 0. The molecule has 0 unspecified atom stereocenters. The Bertz CT molecular complexity index is 619. The van der Waals surface area contributed by atoms with Crippen molar-refractivity contribution in [1.82, 2.24) is 0 Å². The molecule has 0 fully saturated rings. The van der Waals surface area contributed by atoms with Crippen LogP contribution < -0.4 is 9.64 Å². The number of benzene rings is 1. The van der Waals surface area contributed by atoms with Gasteiger partial charge in [-0.2, -0.15) is 0 Å². The fourth-order valence-corrected chi connectivity index (χ4v) is 3.56. The third kappa shape index (κ3) is 2.28. The Morgan fingerprint density at radius 2 is 2.21 bits per heavy atom. The van der Waals surface area contributed by atoms with Gasteiger partial charge >= 0.3 is 0 Å². The lowest BCUT2D eigenvalue weighted by molar-refractivity contribution is 0.0980. The van der Waals surface area contributed by atoms with Gasteiger partial charge in [-0.3, -0.25) is 4.79 Å². The van der Waals surface area contributed by atoms with Crippen molar-refractivity contribution in [2.75, 3.05) is 18.1 Å². The first-order valence-electron chi connectivity index (χ1n) is 5.96. The number of carbonyl (C=O) groups is 1. The Hall–Kier alpha value is -1.33. The van der Waals surface area contributed by atoms with Gasteiger partial charge < -0.3 is 9.64 Å². The average Bonchev–Trinajstić information content (AvgIpc) is 2.77. The lowest BCUT2D eigenvalue weighted by atomic mass is 10.2. The predicted molar refractivity (Wildman–Crippen MR) is 80.4 cm³/mol.